The second kappa shape index (κ2) is 10.5. The van der Waals surface area contributed by atoms with Gasteiger partial charge in [-0.2, -0.15) is 0 Å². The van der Waals surface area contributed by atoms with Crippen molar-refractivity contribution in [3.05, 3.63) is 102 Å². The number of rotatable bonds is 10. The predicted molar refractivity (Wildman–Crippen MR) is 109 cm³/mol. The molecule has 5 nitrogen and oxygen atoms in total. The standard InChI is InChI=1S/C23H23NO4/c1-3-7-18(8-4-2)22(24-16-25)19-10-6-12-21(14-19)28-15-17-9-5-11-20(13-17)23(26)27/h3-14,16,22H,1,15H2,2H3,(H,24,25)(H,26,27)/b8-4-,18-7+. The van der Waals surface area contributed by atoms with Crippen LogP contribution in [0.2, 0.25) is 0 Å². The zero-order chi connectivity index (χ0) is 20.4. The molecule has 0 aliphatic carbocycles. The first-order chi connectivity index (χ1) is 13.6. The monoisotopic (exact) mass is 377 g/mol. The van der Waals surface area contributed by atoms with Crippen molar-refractivity contribution in [2.75, 3.05) is 0 Å². The number of hydrogen-bond donors (Lipinski definition) is 2. The molecule has 0 saturated carbocycles. The van der Waals surface area contributed by atoms with Gasteiger partial charge in [0.05, 0.1) is 11.6 Å². The third kappa shape index (κ3) is 5.71. The number of carboxylic acid groups (broad SMARTS) is 1. The van der Waals surface area contributed by atoms with Crippen LogP contribution in [0, 0.1) is 0 Å². The van der Waals surface area contributed by atoms with Crippen molar-refractivity contribution in [1.82, 2.24) is 5.32 Å². The summed E-state index contributed by atoms with van der Waals surface area (Å²) in [5.41, 5.74) is 2.72. The Morgan fingerprint density at radius 1 is 1.25 bits per heavy atom. The molecule has 0 heterocycles. The molecule has 0 bridgehead atoms. The highest BCUT2D eigenvalue weighted by atomic mass is 16.5. The van der Waals surface area contributed by atoms with E-state index in [1.54, 1.807) is 18.2 Å². The summed E-state index contributed by atoms with van der Waals surface area (Å²) in [4.78, 5) is 22.2. The molecule has 1 atom stereocenters. The van der Waals surface area contributed by atoms with E-state index in [0.29, 0.717) is 12.2 Å². The van der Waals surface area contributed by atoms with Crippen LogP contribution in [0.15, 0.2) is 85.0 Å². The van der Waals surface area contributed by atoms with Crippen LogP contribution in [0.4, 0.5) is 0 Å². The molecular formula is C23H23NO4. The fourth-order valence-corrected chi connectivity index (χ4v) is 2.77. The number of allylic oxidation sites excluding steroid dienone is 3. The van der Waals surface area contributed by atoms with Gasteiger partial charge in [0.1, 0.15) is 12.4 Å². The lowest BCUT2D eigenvalue weighted by atomic mass is 9.97. The summed E-state index contributed by atoms with van der Waals surface area (Å²) in [5, 5.41) is 11.9. The molecule has 2 aromatic carbocycles. The first-order valence-corrected chi connectivity index (χ1v) is 8.79. The van der Waals surface area contributed by atoms with Crippen LogP contribution in [0.1, 0.15) is 34.5 Å². The van der Waals surface area contributed by atoms with E-state index in [-0.39, 0.29) is 18.2 Å². The van der Waals surface area contributed by atoms with Crippen LogP contribution in [-0.2, 0) is 11.4 Å². The molecule has 1 unspecified atom stereocenters. The fraction of sp³-hybridized carbons (Fsp3) is 0.130. The number of carbonyl (C=O) groups is 2. The first kappa shape index (κ1) is 20.7. The average Bonchev–Trinajstić information content (AvgIpc) is 2.71. The number of amides is 1. The van der Waals surface area contributed by atoms with E-state index in [4.69, 9.17) is 9.84 Å². The first-order valence-electron chi connectivity index (χ1n) is 8.79. The molecular weight excluding hydrogens is 354 g/mol. The number of nitrogens with one attached hydrogen (secondary N) is 1. The molecule has 2 rings (SSSR count). The van der Waals surface area contributed by atoms with Crippen molar-refractivity contribution in [3.63, 3.8) is 0 Å². The van der Waals surface area contributed by atoms with Crippen LogP contribution < -0.4 is 10.1 Å². The number of carbonyl (C=O) groups excluding carboxylic acids is 1. The van der Waals surface area contributed by atoms with E-state index in [0.717, 1.165) is 16.7 Å². The van der Waals surface area contributed by atoms with E-state index in [9.17, 15) is 9.59 Å². The summed E-state index contributed by atoms with van der Waals surface area (Å²) in [6, 6.07) is 13.7. The molecule has 0 fully saturated rings. The number of ether oxygens (including phenoxy) is 1. The van der Waals surface area contributed by atoms with Crippen LogP contribution in [0.3, 0.4) is 0 Å². The van der Waals surface area contributed by atoms with Gasteiger partial charge in [0.15, 0.2) is 0 Å². The maximum absolute atomic E-state index is 11.1. The minimum Gasteiger partial charge on any atom is -0.489 e. The molecule has 0 radical (unpaired) electrons. The Balaban J connectivity index is 2.22. The van der Waals surface area contributed by atoms with E-state index >= 15 is 0 Å². The molecule has 5 heteroatoms. The lowest BCUT2D eigenvalue weighted by molar-refractivity contribution is -0.110. The maximum atomic E-state index is 11.1. The van der Waals surface area contributed by atoms with Crippen LogP contribution in [0.5, 0.6) is 5.75 Å². The number of aromatic carboxylic acids is 1. The summed E-state index contributed by atoms with van der Waals surface area (Å²) < 4.78 is 5.83. The number of benzene rings is 2. The van der Waals surface area contributed by atoms with Gasteiger partial charge in [0.2, 0.25) is 6.41 Å². The topological polar surface area (TPSA) is 75.6 Å². The fourth-order valence-electron chi connectivity index (χ4n) is 2.77. The van der Waals surface area contributed by atoms with Gasteiger partial charge in [-0.3, -0.25) is 4.79 Å². The predicted octanol–water partition coefficient (Wildman–Crippen LogP) is 4.44. The third-order valence-electron chi connectivity index (χ3n) is 4.01. The van der Waals surface area contributed by atoms with Crippen LogP contribution in [-0.4, -0.2) is 17.5 Å². The van der Waals surface area contributed by atoms with E-state index < -0.39 is 5.97 Å². The molecule has 0 aliphatic heterocycles. The van der Waals surface area contributed by atoms with Gasteiger partial charge in [-0.05, 0) is 47.9 Å². The Hall–Kier alpha value is -3.60. The summed E-state index contributed by atoms with van der Waals surface area (Å²) >= 11 is 0. The average molecular weight is 377 g/mol. The van der Waals surface area contributed by atoms with Crippen LogP contribution in [0.25, 0.3) is 0 Å². The minimum absolute atomic E-state index is 0.218. The summed E-state index contributed by atoms with van der Waals surface area (Å²) in [7, 11) is 0. The second-order valence-electron chi connectivity index (χ2n) is 5.99. The SMILES string of the molecule is C=C/C=C(\C=C/C)C(NC=O)c1cccc(OCc2cccc(C(=O)O)c2)c1. The van der Waals surface area contributed by atoms with E-state index in [1.807, 2.05) is 55.5 Å². The Labute approximate surface area is 164 Å². The van der Waals surface area contributed by atoms with Gasteiger partial charge in [0, 0.05) is 0 Å². The van der Waals surface area contributed by atoms with Crippen molar-refractivity contribution >= 4 is 12.4 Å². The molecule has 0 aliphatic rings. The zero-order valence-electron chi connectivity index (χ0n) is 15.7. The molecule has 28 heavy (non-hydrogen) atoms. The quantitative estimate of drug-likeness (QED) is 0.474. The van der Waals surface area contributed by atoms with Crippen molar-refractivity contribution in [2.24, 2.45) is 0 Å². The maximum Gasteiger partial charge on any atom is 0.335 e. The number of carboxylic acids is 1. The van der Waals surface area contributed by atoms with E-state index in [2.05, 4.69) is 11.9 Å². The Morgan fingerprint density at radius 2 is 2.04 bits per heavy atom. The molecule has 0 saturated heterocycles. The highest BCUT2D eigenvalue weighted by Crippen LogP contribution is 2.26. The van der Waals surface area contributed by atoms with Gasteiger partial charge >= 0.3 is 5.97 Å². The van der Waals surface area contributed by atoms with Crippen LogP contribution >= 0.6 is 0 Å². The molecule has 0 spiro atoms. The number of hydrogen-bond acceptors (Lipinski definition) is 3. The lowest BCUT2D eigenvalue weighted by Gasteiger charge is -2.19. The highest BCUT2D eigenvalue weighted by molar-refractivity contribution is 5.87. The van der Waals surface area contributed by atoms with E-state index in [1.165, 1.54) is 6.07 Å². The van der Waals surface area contributed by atoms with Gasteiger partial charge < -0.3 is 15.2 Å². The summed E-state index contributed by atoms with van der Waals surface area (Å²) in [6.45, 7) is 5.87. The van der Waals surface area contributed by atoms with Gasteiger partial charge in [-0.1, -0.05) is 55.1 Å². The van der Waals surface area contributed by atoms with Gasteiger partial charge in [-0.15, -0.1) is 0 Å². The molecule has 2 N–H and O–H groups in total. The Kier molecular flexibility index (Phi) is 7.78. The van der Waals surface area contributed by atoms with Crippen molar-refractivity contribution in [3.8, 4) is 5.75 Å². The smallest absolute Gasteiger partial charge is 0.335 e. The zero-order valence-corrected chi connectivity index (χ0v) is 15.7. The third-order valence-corrected chi connectivity index (χ3v) is 4.01. The molecule has 1 amide bonds. The normalized spacial score (nSPS) is 12.4. The van der Waals surface area contributed by atoms with Crippen molar-refractivity contribution in [1.29, 1.82) is 0 Å². The second-order valence-corrected chi connectivity index (χ2v) is 5.99. The van der Waals surface area contributed by atoms with Gasteiger partial charge in [0.25, 0.3) is 0 Å². The Bertz CT molecular complexity index is 899. The highest BCUT2D eigenvalue weighted by Gasteiger charge is 2.14. The van der Waals surface area contributed by atoms with Gasteiger partial charge in [-0.25, -0.2) is 4.79 Å². The molecule has 2 aromatic rings. The molecule has 144 valence electrons. The lowest BCUT2D eigenvalue weighted by Crippen LogP contribution is -2.21. The summed E-state index contributed by atoms with van der Waals surface area (Å²) in [5.74, 6) is -0.355. The largest absolute Gasteiger partial charge is 0.489 e. The minimum atomic E-state index is -0.975. The van der Waals surface area contributed by atoms with Crippen molar-refractivity contribution < 1.29 is 19.4 Å². The summed E-state index contributed by atoms with van der Waals surface area (Å²) in [6.07, 6.45) is 7.98. The Morgan fingerprint density at radius 3 is 2.71 bits per heavy atom. The van der Waals surface area contributed by atoms with Crippen molar-refractivity contribution in [2.45, 2.75) is 19.6 Å². The molecule has 0 aromatic heterocycles.